The van der Waals surface area contributed by atoms with Crippen molar-refractivity contribution in [2.75, 3.05) is 0 Å². The summed E-state index contributed by atoms with van der Waals surface area (Å²) in [6.45, 7) is 1.61. The summed E-state index contributed by atoms with van der Waals surface area (Å²) in [6, 6.07) is 9.50. The number of allylic oxidation sites excluding steroid dienone is 2. The lowest BCUT2D eigenvalue weighted by molar-refractivity contribution is -0.116. The lowest BCUT2D eigenvalue weighted by Crippen LogP contribution is -2.30. The van der Waals surface area contributed by atoms with E-state index in [2.05, 4.69) is 4.98 Å². The molecular formula is C18H15NO4. The van der Waals surface area contributed by atoms with Crippen molar-refractivity contribution in [1.29, 1.82) is 0 Å². The Kier molecular flexibility index (Phi) is 3.15. The van der Waals surface area contributed by atoms with E-state index in [1.165, 1.54) is 0 Å². The lowest BCUT2D eigenvalue weighted by Gasteiger charge is -2.31. The van der Waals surface area contributed by atoms with Gasteiger partial charge in [0.05, 0.1) is 5.92 Å². The fourth-order valence-corrected chi connectivity index (χ4v) is 3.32. The molecule has 5 heteroatoms. The molecule has 0 radical (unpaired) electrons. The Labute approximate surface area is 132 Å². The first-order chi connectivity index (χ1) is 11.1. The van der Waals surface area contributed by atoms with Crippen molar-refractivity contribution in [2.24, 2.45) is 0 Å². The fraction of sp³-hybridized carbons (Fsp3) is 0.278. The second-order valence-electron chi connectivity index (χ2n) is 5.80. The molecular weight excluding hydrogens is 294 g/mol. The summed E-state index contributed by atoms with van der Waals surface area (Å²) in [5.74, 6) is 0.728. The number of aromatic nitrogens is 1. The number of carbonyl (C=O) groups excluding carboxylic acids is 1. The summed E-state index contributed by atoms with van der Waals surface area (Å²) in [5.41, 5.74) is 1.27. The summed E-state index contributed by atoms with van der Waals surface area (Å²) >= 11 is 0. The van der Waals surface area contributed by atoms with E-state index in [1.54, 1.807) is 6.92 Å². The molecule has 4 rings (SSSR count). The average Bonchev–Trinajstić information content (AvgIpc) is 2.54. The van der Waals surface area contributed by atoms with E-state index in [-0.39, 0.29) is 17.6 Å². The first kappa shape index (κ1) is 13.9. The van der Waals surface area contributed by atoms with Crippen LogP contribution in [0.2, 0.25) is 0 Å². The predicted molar refractivity (Wildman–Crippen MR) is 82.3 cm³/mol. The number of benzene rings is 1. The first-order valence-corrected chi connectivity index (χ1v) is 7.66. The highest BCUT2D eigenvalue weighted by molar-refractivity contribution is 5.99. The molecule has 0 amide bonds. The number of aryl methyl sites for hydroxylation is 1. The molecule has 0 bridgehead atoms. The predicted octanol–water partition coefficient (Wildman–Crippen LogP) is 2.87. The van der Waals surface area contributed by atoms with Crippen LogP contribution in [0, 0.1) is 6.92 Å². The maximum absolute atomic E-state index is 12.5. The minimum atomic E-state index is -0.494. The Balaban J connectivity index is 2.01. The van der Waals surface area contributed by atoms with Crippen LogP contribution in [0.3, 0.4) is 0 Å². The normalized spacial score (nSPS) is 19.9. The molecule has 116 valence electrons. The number of rotatable bonds is 1. The van der Waals surface area contributed by atoms with Crippen molar-refractivity contribution in [3.63, 3.8) is 0 Å². The van der Waals surface area contributed by atoms with Crippen LogP contribution in [0.25, 0.3) is 0 Å². The lowest BCUT2D eigenvalue weighted by atomic mass is 9.78. The Bertz CT molecular complexity index is 880. The fourth-order valence-electron chi connectivity index (χ4n) is 3.32. The minimum Gasteiger partial charge on any atom is -0.442 e. The van der Waals surface area contributed by atoms with E-state index < -0.39 is 11.5 Å². The highest BCUT2D eigenvalue weighted by atomic mass is 16.5. The zero-order chi connectivity index (χ0) is 16.0. The van der Waals surface area contributed by atoms with Crippen LogP contribution in [-0.2, 0) is 4.79 Å². The van der Waals surface area contributed by atoms with Gasteiger partial charge in [-0.05, 0) is 12.0 Å². The molecule has 5 nitrogen and oxygen atoms in total. The van der Waals surface area contributed by atoms with E-state index in [4.69, 9.17) is 9.15 Å². The summed E-state index contributed by atoms with van der Waals surface area (Å²) in [7, 11) is 0. The van der Waals surface area contributed by atoms with Crippen LogP contribution < -0.4 is 10.4 Å². The van der Waals surface area contributed by atoms with Gasteiger partial charge in [0, 0.05) is 25.3 Å². The molecule has 2 aliphatic rings. The number of ketones is 1. The van der Waals surface area contributed by atoms with Gasteiger partial charge in [0.25, 0.3) is 0 Å². The van der Waals surface area contributed by atoms with Gasteiger partial charge in [-0.15, -0.1) is 0 Å². The van der Waals surface area contributed by atoms with Crippen molar-refractivity contribution in [1.82, 2.24) is 4.98 Å². The molecule has 2 heterocycles. The van der Waals surface area contributed by atoms with Gasteiger partial charge in [-0.1, -0.05) is 30.3 Å². The Morgan fingerprint density at radius 1 is 1.13 bits per heavy atom. The van der Waals surface area contributed by atoms with Crippen LogP contribution in [-0.4, -0.2) is 10.8 Å². The monoisotopic (exact) mass is 309 g/mol. The highest BCUT2D eigenvalue weighted by Gasteiger charge is 2.39. The molecule has 0 saturated heterocycles. The van der Waals surface area contributed by atoms with Gasteiger partial charge in [-0.2, -0.15) is 4.98 Å². The van der Waals surface area contributed by atoms with Gasteiger partial charge in [0.1, 0.15) is 11.3 Å². The molecule has 1 aliphatic heterocycles. The zero-order valence-corrected chi connectivity index (χ0v) is 12.7. The molecule has 1 aromatic heterocycles. The Morgan fingerprint density at radius 3 is 2.70 bits per heavy atom. The zero-order valence-electron chi connectivity index (χ0n) is 12.7. The van der Waals surface area contributed by atoms with Crippen LogP contribution in [0.15, 0.2) is 50.9 Å². The molecule has 0 fully saturated rings. The smallest absolute Gasteiger partial charge is 0.346 e. The summed E-state index contributed by atoms with van der Waals surface area (Å²) < 4.78 is 11.0. The number of fused-ring (bicyclic) bond motifs is 1. The molecule has 23 heavy (non-hydrogen) atoms. The van der Waals surface area contributed by atoms with Crippen LogP contribution in [0.4, 0.5) is 0 Å². The summed E-state index contributed by atoms with van der Waals surface area (Å²) in [5, 5.41) is 0. The van der Waals surface area contributed by atoms with Crippen LogP contribution in [0.5, 0.6) is 5.88 Å². The van der Waals surface area contributed by atoms with E-state index in [1.807, 2.05) is 30.3 Å². The third-order valence-corrected chi connectivity index (χ3v) is 4.29. The van der Waals surface area contributed by atoms with Crippen molar-refractivity contribution in [3.05, 3.63) is 69.1 Å². The van der Waals surface area contributed by atoms with Gasteiger partial charge < -0.3 is 9.15 Å². The topological polar surface area (TPSA) is 69.4 Å². The number of ether oxygens (including phenoxy) is 1. The molecule has 1 aliphatic carbocycles. The molecule has 0 N–H and O–H groups in total. The Morgan fingerprint density at radius 2 is 1.91 bits per heavy atom. The van der Waals surface area contributed by atoms with E-state index in [0.717, 1.165) is 12.0 Å². The van der Waals surface area contributed by atoms with E-state index in [9.17, 15) is 9.59 Å². The van der Waals surface area contributed by atoms with Gasteiger partial charge in [0.15, 0.2) is 11.7 Å². The first-order valence-electron chi connectivity index (χ1n) is 7.66. The number of nitrogens with zero attached hydrogens (tertiary/aromatic N) is 1. The van der Waals surface area contributed by atoms with Crippen LogP contribution >= 0.6 is 0 Å². The second-order valence-corrected chi connectivity index (χ2v) is 5.80. The van der Waals surface area contributed by atoms with Crippen LogP contribution in [0.1, 0.15) is 42.2 Å². The number of hydrogen-bond donors (Lipinski definition) is 0. The second kappa shape index (κ2) is 5.19. The van der Waals surface area contributed by atoms with Gasteiger partial charge >= 0.3 is 5.63 Å². The largest absolute Gasteiger partial charge is 0.442 e. The van der Waals surface area contributed by atoms with Crippen molar-refractivity contribution >= 4 is 5.78 Å². The van der Waals surface area contributed by atoms with E-state index >= 15 is 0 Å². The SMILES string of the molecule is Cc1nc2c(c(=O)o1)[C@@H](c1ccccc1)C1=C(CCCC1=O)O2. The minimum absolute atomic E-state index is 0.0331. The molecule has 0 spiro atoms. The number of carbonyl (C=O) groups is 1. The third kappa shape index (κ3) is 2.20. The van der Waals surface area contributed by atoms with E-state index in [0.29, 0.717) is 29.7 Å². The standard InChI is InChI=1S/C18H15NO4/c1-10-19-17-16(18(21)22-10)14(11-6-3-2-4-7-11)15-12(20)8-5-9-13(15)23-17/h2-4,6-7,14H,5,8-9H2,1H3/t14-/m0/s1. The Hall–Kier alpha value is -2.69. The third-order valence-electron chi connectivity index (χ3n) is 4.29. The molecule has 0 saturated carbocycles. The van der Waals surface area contributed by atoms with Gasteiger partial charge in [-0.3, -0.25) is 4.79 Å². The number of Topliss-reactive ketones (excluding diaryl/α,β-unsaturated/α-hetero) is 1. The quantitative estimate of drug-likeness (QED) is 0.810. The summed E-state index contributed by atoms with van der Waals surface area (Å²) in [4.78, 5) is 29.2. The maximum Gasteiger partial charge on any atom is 0.346 e. The van der Waals surface area contributed by atoms with Crippen molar-refractivity contribution < 1.29 is 13.9 Å². The van der Waals surface area contributed by atoms with Crippen molar-refractivity contribution in [3.8, 4) is 5.88 Å². The molecule has 1 aromatic carbocycles. The number of hydrogen-bond acceptors (Lipinski definition) is 5. The van der Waals surface area contributed by atoms with Crippen molar-refractivity contribution in [2.45, 2.75) is 32.1 Å². The van der Waals surface area contributed by atoms with Gasteiger partial charge in [0.2, 0.25) is 5.88 Å². The molecule has 0 unspecified atom stereocenters. The summed E-state index contributed by atoms with van der Waals surface area (Å²) in [6.07, 6.45) is 1.92. The molecule has 1 atom stereocenters. The molecule has 2 aromatic rings. The van der Waals surface area contributed by atoms with Gasteiger partial charge in [-0.25, -0.2) is 4.79 Å². The highest BCUT2D eigenvalue weighted by Crippen LogP contribution is 2.44. The average molecular weight is 309 g/mol. The maximum atomic E-state index is 12.5.